The van der Waals surface area contributed by atoms with Crippen molar-refractivity contribution >= 4 is 5.97 Å². The SMILES string of the molecule is C=C(Cc1nccn1C)C(=O)OCC. The van der Waals surface area contributed by atoms with Crippen molar-refractivity contribution in [3.63, 3.8) is 0 Å². The molecule has 1 aromatic rings. The number of ether oxygens (including phenoxy) is 1. The van der Waals surface area contributed by atoms with Gasteiger partial charge in [-0.1, -0.05) is 6.58 Å². The highest BCUT2D eigenvalue weighted by Gasteiger charge is 2.10. The van der Waals surface area contributed by atoms with E-state index in [0.29, 0.717) is 18.6 Å². The van der Waals surface area contributed by atoms with Gasteiger partial charge in [-0.15, -0.1) is 0 Å². The van der Waals surface area contributed by atoms with Crippen LogP contribution < -0.4 is 0 Å². The summed E-state index contributed by atoms with van der Waals surface area (Å²) < 4.78 is 6.67. The highest BCUT2D eigenvalue weighted by Crippen LogP contribution is 2.05. The van der Waals surface area contributed by atoms with Crippen LogP contribution in [0.15, 0.2) is 24.5 Å². The van der Waals surface area contributed by atoms with Gasteiger partial charge in [-0.05, 0) is 6.92 Å². The topological polar surface area (TPSA) is 44.1 Å². The zero-order valence-corrected chi connectivity index (χ0v) is 8.49. The molecule has 0 spiro atoms. The Bertz CT molecular complexity index is 342. The molecular formula is C10H14N2O2. The molecule has 0 aliphatic heterocycles. The van der Waals surface area contributed by atoms with Crippen LogP contribution in [0.1, 0.15) is 12.7 Å². The Kier molecular flexibility index (Phi) is 3.45. The fourth-order valence-electron chi connectivity index (χ4n) is 1.06. The van der Waals surface area contributed by atoms with Gasteiger partial charge in [-0.3, -0.25) is 0 Å². The van der Waals surface area contributed by atoms with Crippen LogP contribution in [0.2, 0.25) is 0 Å². The predicted molar refractivity (Wildman–Crippen MR) is 52.7 cm³/mol. The van der Waals surface area contributed by atoms with E-state index in [0.717, 1.165) is 5.82 Å². The molecule has 0 N–H and O–H groups in total. The van der Waals surface area contributed by atoms with Crippen LogP contribution in [-0.2, 0) is 23.0 Å². The largest absolute Gasteiger partial charge is 0.463 e. The number of rotatable bonds is 4. The van der Waals surface area contributed by atoms with Gasteiger partial charge in [-0.25, -0.2) is 9.78 Å². The quantitative estimate of drug-likeness (QED) is 0.532. The van der Waals surface area contributed by atoms with E-state index in [1.54, 1.807) is 13.1 Å². The second-order valence-electron chi connectivity index (χ2n) is 2.96. The fourth-order valence-corrected chi connectivity index (χ4v) is 1.06. The number of imidazole rings is 1. The first-order valence-corrected chi connectivity index (χ1v) is 4.46. The molecule has 4 nitrogen and oxygen atoms in total. The van der Waals surface area contributed by atoms with Crippen LogP contribution in [0, 0.1) is 0 Å². The van der Waals surface area contributed by atoms with Gasteiger partial charge in [0.05, 0.1) is 6.61 Å². The summed E-state index contributed by atoms with van der Waals surface area (Å²) in [6, 6.07) is 0. The third-order valence-electron chi connectivity index (χ3n) is 1.86. The minimum atomic E-state index is -0.351. The summed E-state index contributed by atoms with van der Waals surface area (Å²) in [6.45, 7) is 5.80. The maximum atomic E-state index is 11.2. The monoisotopic (exact) mass is 194 g/mol. The van der Waals surface area contributed by atoms with Gasteiger partial charge in [0.1, 0.15) is 5.82 Å². The van der Waals surface area contributed by atoms with Crippen molar-refractivity contribution in [1.29, 1.82) is 0 Å². The minimum Gasteiger partial charge on any atom is -0.463 e. The Labute approximate surface area is 83.2 Å². The van der Waals surface area contributed by atoms with E-state index >= 15 is 0 Å². The first kappa shape index (κ1) is 10.5. The molecule has 0 fully saturated rings. The third-order valence-corrected chi connectivity index (χ3v) is 1.86. The molecule has 0 unspecified atom stereocenters. The number of aromatic nitrogens is 2. The van der Waals surface area contributed by atoms with Crippen molar-refractivity contribution in [3.8, 4) is 0 Å². The second-order valence-corrected chi connectivity index (χ2v) is 2.96. The van der Waals surface area contributed by atoms with Gasteiger partial charge in [0, 0.05) is 31.4 Å². The molecule has 0 radical (unpaired) electrons. The summed E-state index contributed by atoms with van der Waals surface area (Å²) in [5, 5.41) is 0. The van der Waals surface area contributed by atoms with E-state index < -0.39 is 0 Å². The molecule has 0 amide bonds. The Hall–Kier alpha value is -1.58. The van der Waals surface area contributed by atoms with Crippen LogP contribution in [-0.4, -0.2) is 22.1 Å². The predicted octanol–water partition coefficient (Wildman–Crippen LogP) is 1.08. The summed E-state index contributed by atoms with van der Waals surface area (Å²) in [5.41, 5.74) is 0.432. The van der Waals surface area contributed by atoms with Crippen molar-refractivity contribution < 1.29 is 9.53 Å². The molecule has 76 valence electrons. The molecule has 0 aliphatic rings. The third kappa shape index (κ3) is 2.45. The van der Waals surface area contributed by atoms with Crippen molar-refractivity contribution in [2.24, 2.45) is 7.05 Å². The van der Waals surface area contributed by atoms with Crippen LogP contribution in [0.4, 0.5) is 0 Å². The molecule has 0 saturated carbocycles. The van der Waals surface area contributed by atoms with E-state index in [1.165, 1.54) is 0 Å². The number of aryl methyl sites for hydroxylation is 1. The molecule has 0 saturated heterocycles. The summed E-state index contributed by atoms with van der Waals surface area (Å²) in [7, 11) is 1.88. The first-order valence-electron chi connectivity index (χ1n) is 4.46. The van der Waals surface area contributed by atoms with Crippen molar-refractivity contribution in [1.82, 2.24) is 9.55 Å². The van der Waals surface area contributed by atoms with E-state index in [2.05, 4.69) is 11.6 Å². The van der Waals surface area contributed by atoms with Gasteiger partial charge >= 0.3 is 5.97 Å². The summed E-state index contributed by atoms with van der Waals surface area (Å²) >= 11 is 0. The minimum absolute atomic E-state index is 0.351. The highest BCUT2D eigenvalue weighted by molar-refractivity contribution is 5.88. The number of esters is 1. The summed E-state index contributed by atoms with van der Waals surface area (Å²) in [6.07, 6.45) is 3.95. The Morgan fingerprint density at radius 3 is 2.93 bits per heavy atom. The van der Waals surface area contributed by atoms with Gasteiger partial charge in [-0.2, -0.15) is 0 Å². The van der Waals surface area contributed by atoms with Gasteiger partial charge in [0.15, 0.2) is 0 Å². The number of carbonyl (C=O) groups is 1. The maximum absolute atomic E-state index is 11.2. The van der Waals surface area contributed by atoms with Crippen molar-refractivity contribution in [2.75, 3.05) is 6.61 Å². The first-order chi connectivity index (χ1) is 6.65. The number of nitrogens with zero attached hydrogens (tertiary/aromatic N) is 2. The lowest BCUT2D eigenvalue weighted by molar-refractivity contribution is -0.138. The second kappa shape index (κ2) is 4.60. The molecule has 0 aliphatic carbocycles. The average Bonchev–Trinajstić information content (AvgIpc) is 2.52. The number of hydrogen-bond donors (Lipinski definition) is 0. The fraction of sp³-hybridized carbons (Fsp3) is 0.400. The van der Waals surface area contributed by atoms with Crippen LogP contribution in [0.5, 0.6) is 0 Å². The Balaban J connectivity index is 2.57. The smallest absolute Gasteiger partial charge is 0.333 e. The standard InChI is InChI=1S/C10H14N2O2/c1-4-14-10(13)8(2)7-9-11-5-6-12(9)3/h5-6H,2,4,7H2,1,3H3. The van der Waals surface area contributed by atoms with Crippen LogP contribution >= 0.6 is 0 Å². The molecular weight excluding hydrogens is 180 g/mol. The van der Waals surface area contributed by atoms with Gasteiger partial charge < -0.3 is 9.30 Å². The Morgan fingerprint density at radius 2 is 2.43 bits per heavy atom. The molecule has 1 heterocycles. The molecule has 1 aromatic heterocycles. The number of carbonyl (C=O) groups excluding carboxylic acids is 1. The van der Waals surface area contributed by atoms with Crippen LogP contribution in [0.25, 0.3) is 0 Å². The number of hydrogen-bond acceptors (Lipinski definition) is 3. The summed E-state index contributed by atoms with van der Waals surface area (Å²) in [5.74, 6) is 0.457. The molecule has 0 atom stereocenters. The lowest BCUT2D eigenvalue weighted by Gasteiger charge is -2.04. The molecule has 4 heteroatoms. The Morgan fingerprint density at radius 1 is 1.71 bits per heavy atom. The molecule has 0 aromatic carbocycles. The van der Waals surface area contributed by atoms with Gasteiger partial charge in [0.25, 0.3) is 0 Å². The maximum Gasteiger partial charge on any atom is 0.333 e. The lowest BCUT2D eigenvalue weighted by atomic mass is 10.2. The van der Waals surface area contributed by atoms with Crippen molar-refractivity contribution in [3.05, 3.63) is 30.4 Å². The van der Waals surface area contributed by atoms with E-state index in [1.807, 2.05) is 17.8 Å². The van der Waals surface area contributed by atoms with Crippen molar-refractivity contribution in [2.45, 2.75) is 13.3 Å². The van der Waals surface area contributed by atoms with Crippen LogP contribution in [0.3, 0.4) is 0 Å². The molecule has 1 rings (SSSR count). The summed E-state index contributed by atoms with van der Waals surface area (Å²) in [4.78, 5) is 15.3. The lowest BCUT2D eigenvalue weighted by Crippen LogP contribution is -2.10. The van der Waals surface area contributed by atoms with Gasteiger partial charge in [0.2, 0.25) is 0 Å². The normalized spacial score (nSPS) is 9.86. The zero-order chi connectivity index (χ0) is 10.6. The van der Waals surface area contributed by atoms with E-state index in [-0.39, 0.29) is 5.97 Å². The zero-order valence-electron chi connectivity index (χ0n) is 8.49. The molecule has 14 heavy (non-hydrogen) atoms. The highest BCUT2D eigenvalue weighted by atomic mass is 16.5. The average molecular weight is 194 g/mol. The molecule has 0 bridgehead atoms. The van der Waals surface area contributed by atoms with E-state index in [4.69, 9.17) is 4.74 Å². The van der Waals surface area contributed by atoms with E-state index in [9.17, 15) is 4.79 Å².